The number of hydrogen-bond acceptors (Lipinski definition) is 6. The Labute approximate surface area is 184 Å². The second-order valence-electron chi connectivity index (χ2n) is 7.95. The first-order valence-electron chi connectivity index (χ1n) is 9.94. The number of carbonyl (C=O) groups is 3. The van der Waals surface area contributed by atoms with E-state index in [9.17, 15) is 22.8 Å². The summed E-state index contributed by atoms with van der Waals surface area (Å²) in [6.07, 6.45) is 3.17. The summed E-state index contributed by atoms with van der Waals surface area (Å²) < 4.78 is 24.7. The van der Waals surface area contributed by atoms with E-state index in [2.05, 4.69) is 10.0 Å². The number of sulfonamides is 1. The molecule has 1 aliphatic heterocycles. The maximum atomic E-state index is 13.1. The third-order valence-electron chi connectivity index (χ3n) is 5.65. The first-order chi connectivity index (χ1) is 14.7. The Bertz CT molecular complexity index is 1160. The number of Topliss-reactive ketones (excluding diaryl/α,β-unsaturated/α-hetero) is 1. The molecule has 164 valence electrons. The number of nitrogens with zero attached hydrogens (tertiary/aromatic N) is 1. The van der Waals surface area contributed by atoms with Crippen LogP contribution in [-0.4, -0.2) is 55.9 Å². The van der Waals surface area contributed by atoms with E-state index < -0.39 is 21.6 Å². The van der Waals surface area contributed by atoms with Gasteiger partial charge in [0.2, 0.25) is 10.0 Å². The number of urea groups is 1. The average Bonchev–Trinajstić information content (AvgIpc) is 3.26. The van der Waals surface area contributed by atoms with Crippen LogP contribution < -0.4 is 10.0 Å². The zero-order valence-electron chi connectivity index (χ0n) is 17.0. The van der Waals surface area contributed by atoms with E-state index in [1.807, 2.05) is 24.3 Å². The largest absolute Gasteiger partial charge is 0.325 e. The van der Waals surface area contributed by atoms with Gasteiger partial charge in [-0.25, -0.2) is 17.9 Å². The van der Waals surface area contributed by atoms with E-state index in [-0.39, 0.29) is 24.8 Å². The first kappa shape index (κ1) is 21.7. The lowest BCUT2D eigenvalue weighted by atomic mass is 9.78. The Morgan fingerprint density at radius 1 is 1.19 bits per heavy atom. The number of benzene rings is 1. The van der Waals surface area contributed by atoms with Gasteiger partial charge < -0.3 is 5.32 Å². The van der Waals surface area contributed by atoms with Crippen LogP contribution in [0.2, 0.25) is 0 Å². The number of ketones is 1. The Morgan fingerprint density at radius 2 is 1.94 bits per heavy atom. The maximum absolute atomic E-state index is 13.1. The Morgan fingerprint density at radius 3 is 2.68 bits per heavy atom. The van der Waals surface area contributed by atoms with E-state index in [0.29, 0.717) is 30.6 Å². The highest BCUT2D eigenvalue weighted by atomic mass is 32.2. The molecule has 2 aromatic rings. The van der Waals surface area contributed by atoms with Crippen LogP contribution in [0.4, 0.5) is 4.79 Å². The number of rotatable bonds is 7. The predicted molar refractivity (Wildman–Crippen MR) is 117 cm³/mol. The predicted octanol–water partition coefficient (Wildman–Crippen LogP) is 1.50. The van der Waals surface area contributed by atoms with Gasteiger partial charge >= 0.3 is 6.03 Å². The summed E-state index contributed by atoms with van der Waals surface area (Å²) in [5.41, 5.74) is 1.24. The van der Waals surface area contributed by atoms with Crippen molar-refractivity contribution < 1.29 is 22.8 Å². The minimum absolute atomic E-state index is 0.240. The molecule has 1 aromatic carbocycles. The Kier molecular flexibility index (Phi) is 5.71. The average molecular weight is 462 g/mol. The van der Waals surface area contributed by atoms with E-state index in [1.165, 1.54) is 16.9 Å². The molecule has 0 saturated carbocycles. The zero-order valence-corrected chi connectivity index (χ0v) is 18.6. The molecule has 1 saturated heterocycles. The fraction of sp³-hybridized carbons (Fsp3) is 0.381. The maximum Gasteiger partial charge on any atom is 0.325 e. The molecule has 1 aromatic heterocycles. The number of fused-ring (bicyclic) bond motifs is 1. The van der Waals surface area contributed by atoms with Crippen molar-refractivity contribution in [2.75, 3.05) is 19.3 Å². The quantitative estimate of drug-likeness (QED) is 0.479. The molecule has 1 atom stereocenters. The van der Waals surface area contributed by atoms with Gasteiger partial charge in [0, 0.05) is 17.8 Å². The number of aryl methyl sites for hydroxylation is 1. The molecule has 1 spiro atoms. The number of carbonyl (C=O) groups excluding carboxylic acids is 3. The van der Waals surface area contributed by atoms with E-state index in [4.69, 9.17) is 0 Å². The van der Waals surface area contributed by atoms with Crippen LogP contribution in [0.25, 0.3) is 0 Å². The Balaban J connectivity index is 1.41. The van der Waals surface area contributed by atoms with Crippen molar-refractivity contribution in [1.29, 1.82) is 0 Å². The minimum atomic E-state index is -3.27. The number of thiophene rings is 1. The van der Waals surface area contributed by atoms with Gasteiger partial charge in [0.1, 0.15) is 5.54 Å². The molecular weight excluding hydrogens is 438 g/mol. The molecule has 0 bridgehead atoms. The van der Waals surface area contributed by atoms with Crippen LogP contribution in [0.1, 0.15) is 32.1 Å². The Hall–Kier alpha value is -2.56. The second-order valence-corrected chi connectivity index (χ2v) is 11.0. The number of amides is 3. The molecule has 2 aliphatic rings. The normalized spacial score (nSPS) is 20.7. The molecule has 1 fully saturated rings. The van der Waals surface area contributed by atoms with Crippen molar-refractivity contribution in [1.82, 2.24) is 14.9 Å². The van der Waals surface area contributed by atoms with E-state index in [1.54, 1.807) is 12.1 Å². The van der Waals surface area contributed by atoms with Crippen LogP contribution in [0.3, 0.4) is 0 Å². The lowest BCUT2D eigenvalue weighted by Crippen LogP contribution is -2.51. The highest BCUT2D eigenvalue weighted by molar-refractivity contribution is 7.88. The van der Waals surface area contributed by atoms with Crippen LogP contribution >= 0.6 is 11.3 Å². The third-order valence-corrected chi connectivity index (χ3v) is 7.57. The van der Waals surface area contributed by atoms with Gasteiger partial charge in [-0.15, -0.1) is 11.3 Å². The fourth-order valence-corrected chi connectivity index (χ4v) is 5.50. The zero-order chi connectivity index (χ0) is 22.2. The molecular formula is C21H23N3O5S2. The lowest BCUT2D eigenvalue weighted by molar-refractivity contribution is -0.131. The van der Waals surface area contributed by atoms with Crippen molar-refractivity contribution in [3.05, 3.63) is 57.3 Å². The van der Waals surface area contributed by atoms with Gasteiger partial charge in [0.25, 0.3) is 5.91 Å². The molecule has 4 rings (SSSR count). The molecule has 2 N–H and O–H groups in total. The standard InChI is InChI=1S/C21H23N3O5S2/c1-31(28,29)22-11-9-16-6-7-18(30-16)17(25)13-24-19(26)21(23-20(24)27)10-8-14-4-2-3-5-15(14)12-21/h2-7,22H,8-13H2,1H3,(H,23,27). The van der Waals surface area contributed by atoms with Gasteiger partial charge in [0.05, 0.1) is 17.7 Å². The van der Waals surface area contributed by atoms with Crippen molar-refractivity contribution >= 4 is 39.1 Å². The van der Waals surface area contributed by atoms with Crippen LogP contribution in [0.15, 0.2) is 36.4 Å². The fourth-order valence-electron chi connectivity index (χ4n) is 4.09. The van der Waals surface area contributed by atoms with Gasteiger partial charge in [-0.2, -0.15) is 0 Å². The second kappa shape index (κ2) is 8.18. The topological polar surface area (TPSA) is 113 Å². The van der Waals surface area contributed by atoms with Crippen molar-refractivity contribution in [3.63, 3.8) is 0 Å². The minimum Gasteiger partial charge on any atom is -0.323 e. The summed E-state index contributed by atoms with van der Waals surface area (Å²) in [5, 5.41) is 2.84. The number of imide groups is 1. The summed E-state index contributed by atoms with van der Waals surface area (Å²) in [7, 11) is -3.27. The van der Waals surface area contributed by atoms with Gasteiger partial charge in [0.15, 0.2) is 5.78 Å². The first-order valence-corrected chi connectivity index (χ1v) is 12.7. The van der Waals surface area contributed by atoms with Crippen molar-refractivity contribution in [3.8, 4) is 0 Å². The molecule has 10 heteroatoms. The van der Waals surface area contributed by atoms with Crippen LogP contribution in [0, 0.1) is 0 Å². The summed E-state index contributed by atoms with van der Waals surface area (Å²) in [6, 6.07) is 10.7. The van der Waals surface area contributed by atoms with E-state index >= 15 is 0 Å². The van der Waals surface area contributed by atoms with Crippen LogP contribution in [0.5, 0.6) is 0 Å². The summed E-state index contributed by atoms with van der Waals surface area (Å²) in [4.78, 5) is 40.7. The molecule has 1 aliphatic carbocycles. The summed E-state index contributed by atoms with van der Waals surface area (Å²) in [5.74, 6) is -0.668. The highest BCUT2D eigenvalue weighted by Gasteiger charge is 2.52. The number of nitrogens with one attached hydrogen (secondary N) is 2. The van der Waals surface area contributed by atoms with Crippen molar-refractivity contribution in [2.24, 2.45) is 0 Å². The monoisotopic (exact) mass is 461 g/mol. The molecule has 8 nitrogen and oxygen atoms in total. The van der Waals surface area contributed by atoms with Gasteiger partial charge in [-0.3, -0.25) is 14.5 Å². The lowest BCUT2D eigenvalue weighted by Gasteiger charge is -2.32. The molecule has 3 amide bonds. The summed E-state index contributed by atoms with van der Waals surface area (Å²) in [6.45, 7) is -0.0698. The molecule has 2 heterocycles. The van der Waals surface area contributed by atoms with Gasteiger partial charge in [-0.05, 0) is 42.5 Å². The number of hydrogen-bond donors (Lipinski definition) is 2. The molecule has 0 radical (unpaired) electrons. The van der Waals surface area contributed by atoms with Gasteiger partial charge in [-0.1, -0.05) is 24.3 Å². The third kappa shape index (κ3) is 4.56. The highest BCUT2D eigenvalue weighted by Crippen LogP contribution is 2.33. The van der Waals surface area contributed by atoms with Crippen LogP contribution in [-0.2, 0) is 34.1 Å². The smallest absolute Gasteiger partial charge is 0.323 e. The molecule has 1 unspecified atom stereocenters. The molecule has 31 heavy (non-hydrogen) atoms. The summed E-state index contributed by atoms with van der Waals surface area (Å²) >= 11 is 1.24. The van der Waals surface area contributed by atoms with Crippen molar-refractivity contribution in [2.45, 2.75) is 31.2 Å². The van der Waals surface area contributed by atoms with E-state index in [0.717, 1.165) is 21.6 Å². The SMILES string of the molecule is CS(=O)(=O)NCCc1ccc(C(=O)CN2C(=O)NC3(CCc4ccccc4C3)C2=O)s1.